The Kier molecular flexibility index (Phi) is 9.73. The maximum Gasteiger partial charge on any atom is 0.367 e. The van der Waals surface area contributed by atoms with E-state index in [2.05, 4.69) is 20.4 Å². The van der Waals surface area contributed by atoms with Gasteiger partial charge in [0.05, 0.1) is 6.61 Å². The molecule has 1 atom stereocenters. The Morgan fingerprint density at radius 2 is 2.32 bits per heavy atom. The molecule has 0 amide bonds. The lowest BCUT2D eigenvalue weighted by molar-refractivity contribution is -0.140. The summed E-state index contributed by atoms with van der Waals surface area (Å²) in [5.41, 5.74) is 0.519. The van der Waals surface area contributed by atoms with Gasteiger partial charge in [-0.05, 0) is 43.7 Å². The van der Waals surface area contributed by atoms with E-state index >= 15 is 0 Å². The maximum atomic E-state index is 13.4. The first-order chi connectivity index (χ1) is 9.69. The third-order valence-electron chi connectivity index (χ3n) is 2.96. The number of aromatic nitrogens is 1. The largest absolute Gasteiger partial charge is 0.461 e. The first-order valence-corrected chi connectivity index (χ1v) is 6.66. The molecule has 0 unspecified atom stereocenters. The Balaban J connectivity index is 0.00000220. The van der Waals surface area contributed by atoms with Gasteiger partial charge in [-0.2, -0.15) is 4.39 Å². The number of carbonyl (C=O) groups is 1. The van der Waals surface area contributed by atoms with Crippen LogP contribution in [0.5, 0.6) is 0 Å². The van der Waals surface area contributed by atoms with Crippen molar-refractivity contribution in [1.82, 2.24) is 10.3 Å². The summed E-state index contributed by atoms with van der Waals surface area (Å²) in [6.45, 7) is 3.70. The number of esters is 1. The van der Waals surface area contributed by atoms with Crippen LogP contribution in [0.3, 0.4) is 0 Å². The Bertz CT molecular complexity index is 491. The first-order valence-electron chi connectivity index (χ1n) is 6.66. The minimum absolute atomic E-state index is 0. The smallest absolute Gasteiger partial charge is 0.367 e. The third kappa shape index (κ3) is 6.17. The van der Waals surface area contributed by atoms with Crippen LogP contribution in [0.2, 0.25) is 0 Å². The zero-order valence-electron chi connectivity index (χ0n) is 12.2. The number of halogens is 3. The van der Waals surface area contributed by atoms with Gasteiger partial charge in [0.15, 0.2) is 0 Å². The molecule has 1 fully saturated rings. The molecule has 1 aromatic rings. The van der Waals surface area contributed by atoms with Crippen molar-refractivity contribution < 1.29 is 13.9 Å². The van der Waals surface area contributed by atoms with Crippen LogP contribution >= 0.6 is 24.8 Å². The van der Waals surface area contributed by atoms with Crippen molar-refractivity contribution in [3.05, 3.63) is 29.7 Å². The summed E-state index contributed by atoms with van der Waals surface area (Å²) in [6.07, 6.45) is 3.69. The Hall–Kier alpha value is -1.37. The molecule has 22 heavy (non-hydrogen) atoms. The standard InChI is InChI=1S/C14H18FN3O2.2ClH/c1-2-20-14(19)12(15)7-10-3-4-13(17-8-10)18-11-5-6-16-9-11;;/h3-4,7-8,11,16H,2,5-6,9H2,1H3,(H,17,18);2*1H/b12-7-;;/t11-;;/m1../s1. The second-order valence-corrected chi connectivity index (χ2v) is 4.52. The van der Waals surface area contributed by atoms with Gasteiger partial charge in [0.25, 0.3) is 0 Å². The molecule has 8 heteroatoms. The second kappa shape index (κ2) is 10.4. The monoisotopic (exact) mass is 351 g/mol. The van der Waals surface area contributed by atoms with Crippen LogP contribution in [0.25, 0.3) is 6.08 Å². The van der Waals surface area contributed by atoms with Gasteiger partial charge < -0.3 is 15.4 Å². The molecule has 1 aliphatic rings. The number of anilines is 1. The van der Waals surface area contributed by atoms with Crippen molar-refractivity contribution in [3.63, 3.8) is 0 Å². The second-order valence-electron chi connectivity index (χ2n) is 4.52. The number of carbonyl (C=O) groups excluding carboxylic acids is 1. The minimum Gasteiger partial charge on any atom is -0.461 e. The van der Waals surface area contributed by atoms with Crippen molar-refractivity contribution in [1.29, 1.82) is 0 Å². The van der Waals surface area contributed by atoms with Crippen molar-refractivity contribution in [2.24, 2.45) is 0 Å². The number of pyridine rings is 1. The molecule has 5 nitrogen and oxygen atoms in total. The van der Waals surface area contributed by atoms with Gasteiger partial charge in [0.2, 0.25) is 5.83 Å². The first kappa shape index (κ1) is 20.6. The fourth-order valence-electron chi connectivity index (χ4n) is 1.97. The van der Waals surface area contributed by atoms with Gasteiger partial charge in [-0.15, -0.1) is 24.8 Å². The summed E-state index contributed by atoms with van der Waals surface area (Å²) in [7, 11) is 0. The van der Waals surface area contributed by atoms with E-state index in [4.69, 9.17) is 0 Å². The predicted octanol–water partition coefficient (Wildman–Crippen LogP) is 2.57. The number of hydrogen-bond donors (Lipinski definition) is 2. The molecule has 1 aromatic heterocycles. The van der Waals surface area contributed by atoms with Gasteiger partial charge in [-0.1, -0.05) is 0 Å². The lowest BCUT2D eigenvalue weighted by Crippen LogP contribution is -2.22. The third-order valence-corrected chi connectivity index (χ3v) is 2.96. The van der Waals surface area contributed by atoms with Gasteiger partial charge in [0, 0.05) is 18.8 Å². The average Bonchev–Trinajstić information content (AvgIpc) is 2.94. The molecule has 2 rings (SSSR count). The fourth-order valence-corrected chi connectivity index (χ4v) is 1.97. The van der Waals surface area contributed by atoms with Gasteiger partial charge in [-0.25, -0.2) is 9.78 Å². The minimum atomic E-state index is -0.952. The molecule has 1 saturated heterocycles. The number of ether oxygens (including phenoxy) is 1. The molecule has 0 spiro atoms. The molecule has 0 bridgehead atoms. The fraction of sp³-hybridized carbons (Fsp3) is 0.429. The maximum absolute atomic E-state index is 13.4. The van der Waals surface area contributed by atoms with Crippen molar-refractivity contribution in [3.8, 4) is 0 Å². The van der Waals surface area contributed by atoms with E-state index in [1.165, 1.54) is 6.20 Å². The molecule has 0 radical (unpaired) electrons. The van der Waals surface area contributed by atoms with E-state index in [9.17, 15) is 9.18 Å². The van der Waals surface area contributed by atoms with Crippen LogP contribution in [0, 0.1) is 0 Å². The molecule has 124 valence electrons. The van der Waals surface area contributed by atoms with E-state index in [0.717, 1.165) is 31.4 Å². The quantitative estimate of drug-likeness (QED) is 0.630. The van der Waals surface area contributed by atoms with E-state index in [1.54, 1.807) is 19.1 Å². The van der Waals surface area contributed by atoms with Crippen molar-refractivity contribution in [2.75, 3.05) is 25.0 Å². The summed E-state index contributed by atoms with van der Waals surface area (Å²) >= 11 is 0. The Morgan fingerprint density at radius 1 is 1.55 bits per heavy atom. The summed E-state index contributed by atoms with van der Waals surface area (Å²) in [6, 6.07) is 3.85. The van der Waals surface area contributed by atoms with Gasteiger partial charge in [-0.3, -0.25) is 0 Å². The van der Waals surface area contributed by atoms with Crippen molar-refractivity contribution >= 4 is 42.7 Å². The molecular formula is C14H20Cl2FN3O2. The van der Waals surface area contributed by atoms with Crippen LogP contribution in [0.15, 0.2) is 24.2 Å². The van der Waals surface area contributed by atoms with Crippen molar-refractivity contribution in [2.45, 2.75) is 19.4 Å². The van der Waals surface area contributed by atoms with Gasteiger partial charge >= 0.3 is 5.97 Å². The number of nitrogens with one attached hydrogen (secondary N) is 2. The molecule has 0 saturated carbocycles. The average molecular weight is 352 g/mol. The number of rotatable bonds is 5. The topological polar surface area (TPSA) is 63.2 Å². The molecule has 0 aromatic carbocycles. The zero-order chi connectivity index (χ0) is 14.4. The summed E-state index contributed by atoms with van der Waals surface area (Å²) in [5.74, 6) is -1.13. The highest BCUT2D eigenvalue weighted by Gasteiger charge is 2.14. The van der Waals surface area contributed by atoms with E-state index in [0.29, 0.717) is 11.6 Å². The Labute approximate surface area is 141 Å². The molecular weight excluding hydrogens is 332 g/mol. The van der Waals surface area contributed by atoms with E-state index in [-0.39, 0.29) is 31.4 Å². The molecule has 2 N–H and O–H groups in total. The SMILES string of the molecule is CCOC(=O)/C(F)=C/c1ccc(N[C@@H]2CCNC2)nc1.Cl.Cl. The summed E-state index contributed by atoms with van der Waals surface area (Å²) in [5, 5.41) is 6.54. The van der Waals surface area contributed by atoms with Crippen LogP contribution in [-0.4, -0.2) is 36.7 Å². The highest BCUT2D eigenvalue weighted by molar-refractivity contribution is 5.91. The molecule has 2 heterocycles. The number of nitrogens with zero attached hydrogens (tertiary/aromatic N) is 1. The molecule has 0 aliphatic carbocycles. The van der Waals surface area contributed by atoms with E-state index < -0.39 is 11.8 Å². The van der Waals surface area contributed by atoms with Crippen LogP contribution in [-0.2, 0) is 9.53 Å². The summed E-state index contributed by atoms with van der Waals surface area (Å²) in [4.78, 5) is 15.3. The van der Waals surface area contributed by atoms with Crippen LogP contribution in [0.4, 0.5) is 10.2 Å². The lowest BCUT2D eigenvalue weighted by atomic mass is 10.2. The highest BCUT2D eigenvalue weighted by Crippen LogP contribution is 2.13. The van der Waals surface area contributed by atoms with Gasteiger partial charge in [0.1, 0.15) is 5.82 Å². The van der Waals surface area contributed by atoms with Crippen LogP contribution in [0.1, 0.15) is 18.9 Å². The molecule has 1 aliphatic heterocycles. The number of hydrogen-bond acceptors (Lipinski definition) is 5. The lowest BCUT2D eigenvalue weighted by Gasteiger charge is -2.11. The van der Waals surface area contributed by atoms with Crippen LogP contribution < -0.4 is 10.6 Å². The normalized spacial score (nSPS) is 17.2. The Morgan fingerprint density at radius 3 is 2.86 bits per heavy atom. The summed E-state index contributed by atoms with van der Waals surface area (Å²) < 4.78 is 18.0. The van der Waals surface area contributed by atoms with E-state index in [1.807, 2.05) is 0 Å². The zero-order valence-corrected chi connectivity index (χ0v) is 13.8. The highest BCUT2D eigenvalue weighted by atomic mass is 35.5. The predicted molar refractivity (Wildman–Crippen MR) is 89.3 cm³/mol.